The largest absolute Gasteiger partial charge is 0.493 e. The lowest BCUT2D eigenvalue weighted by Gasteiger charge is -2.32. The highest BCUT2D eigenvalue weighted by Crippen LogP contribution is 2.45. The molecule has 0 saturated heterocycles. The minimum absolute atomic E-state index is 0.0628. The molecule has 0 amide bonds. The van der Waals surface area contributed by atoms with E-state index in [-0.39, 0.29) is 23.7 Å². The Kier molecular flexibility index (Phi) is 5.73. The zero-order valence-electron chi connectivity index (χ0n) is 18.5. The number of fused-ring (bicyclic) bond motifs is 2. The van der Waals surface area contributed by atoms with E-state index >= 15 is 0 Å². The number of benzene rings is 3. The zero-order valence-corrected chi connectivity index (χ0v) is 19.2. The molecule has 3 aromatic rings. The number of rotatable bonds is 4. The van der Waals surface area contributed by atoms with Crippen LogP contribution in [-0.4, -0.2) is 20.0 Å². The number of anilines is 2. The maximum Gasteiger partial charge on any atom is 0.161 e. The molecule has 3 atom stereocenters. The van der Waals surface area contributed by atoms with Gasteiger partial charge in [0.15, 0.2) is 11.5 Å². The first-order valence-corrected chi connectivity index (χ1v) is 11.3. The smallest absolute Gasteiger partial charge is 0.161 e. The molecular formula is C27H25ClN2O3. The second-order valence-electron chi connectivity index (χ2n) is 8.34. The Morgan fingerprint density at radius 1 is 0.879 bits per heavy atom. The van der Waals surface area contributed by atoms with E-state index in [0.29, 0.717) is 22.9 Å². The Bertz CT molecular complexity index is 1220. The molecule has 1 aliphatic heterocycles. The molecule has 3 aromatic carbocycles. The summed E-state index contributed by atoms with van der Waals surface area (Å²) in [5.74, 6) is 1.10. The molecule has 0 spiro atoms. The van der Waals surface area contributed by atoms with Gasteiger partial charge in [-0.25, -0.2) is 0 Å². The van der Waals surface area contributed by atoms with Crippen molar-refractivity contribution in [1.29, 1.82) is 0 Å². The highest BCUT2D eigenvalue weighted by molar-refractivity contribution is 6.30. The lowest BCUT2D eigenvalue weighted by Crippen LogP contribution is -2.33. The predicted octanol–water partition coefficient (Wildman–Crippen LogP) is 6.19. The molecule has 2 N–H and O–H groups in total. The molecule has 6 heteroatoms. The Morgan fingerprint density at radius 2 is 1.58 bits per heavy atom. The number of ketones is 1. The summed E-state index contributed by atoms with van der Waals surface area (Å²) in [4.78, 5) is 13.6. The third kappa shape index (κ3) is 4.05. The molecule has 5 rings (SSSR count). The number of carbonyl (C=O) groups is 1. The molecule has 2 aliphatic rings. The number of allylic oxidation sites excluding steroid dienone is 1. The normalized spacial score (nSPS) is 21.5. The van der Waals surface area contributed by atoms with Gasteiger partial charge in [0.2, 0.25) is 0 Å². The van der Waals surface area contributed by atoms with Gasteiger partial charge in [-0.15, -0.1) is 0 Å². The molecular weight excluding hydrogens is 436 g/mol. The van der Waals surface area contributed by atoms with Crippen molar-refractivity contribution in [3.8, 4) is 11.5 Å². The zero-order chi connectivity index (χ0) is 22.9. The van der Waals surface area contributed by atoms with Crippen molar-refractivity contribution in [3.63, 3.8) is 0 Å². The average molecular weight is 461 g/mol. The number of carbonyl (C=O) groups excluding carboxylic acids is 1. The molecule has 33 heavy (non-hydrogen) atoms. The fourth-order valence-corrected chi connectivity index (χ4v) is 4.88. The van der Waals surface area contributed by atoms with Gasteiger partial charge in [-0.1, -0.05) is 48.0 Å². The van der Waals surface area contributed by atoms with E-state index in [1.165, 1.54) is 0 Å². The van der Waals surface area contributed by atoms with Crippen LogP contribution in [0.25, 0.3) is 0 Å². The minimum Gasteiger partial charge on any atom is -0.493 e. The highest BCUT2D eigenvalue weighted by atomic mass is 35.5. The van der Waals surface area contributed by atoms with Crippen LogP contribution in [0.1, 0.15) is 29.5 Å². The van der Waals surface area contributed by atoms with E-state index in [9.17, 15) is 4.79 Å². The van der Waals surface area contributed by atoms with E-state index in [4.69, 9.17) is 21.1 Å². The topological polar surface area (TPSA) is 59.6 Å². The van der Waals surface area contributed by atoms with Gasteiger partial charge in [0.05, 0.1) is 37.6 Å². The number of hydrogen-bond acceptors (Lipinski definition) is 5. The van der Waals surface area contributed by atoms with Crippen LogP contribution in [0.2, 0.25) is 5.02 Å². The summed E-state index contributed by atoms with van der Waals surface area (Å²) in [7, 11) is 3.24. The van der Waals surface area contributed by atoms with Crippen molar-refractivity contribution in [3.05, 3.63) is 94.7 Å². The number of methoxy groups -OCH3 is 2. The van der Waals surface area contributed by atoms with Crippen LogP contribution >= 0.6 is 11.6 Å². The van der Waals surface area contributed by atoms with Gasteiger partial charge in [-0.2, -0.15) is 0 Å². The standard InChI is InChI=1S/C27H25ClN2O3/c1-32-24-12-9-17(15-25(24)33-2)18-13-22-26(23(31)14-18)27(16-7-10-19(28)11-8-16)30-21-6-4-3-5-20(21)29-22/h3-13,15,18,26-27,29-30H,14H2,1-2H3. The van der Waals surface area contributed by atoms with Crippen LogP contribution in [0.5, 0.6) is 11.5 Å². The highest BCUT2D eigenvalue weighted by Gasteiger charge is 2.39. The average Bonchev–Trinajstić information content (AvgIpc) is 3.01. The number of halogens is 1. The minimum atomic E-state index is -0.338. The Balaban J connectivity index is 1.59. The maximum atomic E-state index is 13.6. The summed E-state index contributed by atoms with van der Waals surface area (Å²) in [6, 6.07) is 21.4. The monoisotopic (exact) mass is 460 g/mol. The summed E-state index contributed by atoms with van der Waals surface area (Å²) in [6.45, 7) is 0. The van der Waals surface area contributed by atoms with Crippen LogP contribution in [0, 0.1) is 5.92 Å². The van der Waals surface area contributed by atoms with Gasteiger partial charge < -0.3 is 20.1 Å². The number of Topliss-reactive ketones (excluding diaryl/α,β-unsaturated/α-hetero) is 1. The molecule has 168 valence electrons. The second-order valence-corrected chi connectivity index (χ2v) is 8.77. The fraction of sp³-hybridized carbons (Fsp3) is 0.222. The van der Waals surface area contributed by atoms with Gasteiger partial charge >= 0.3 is 0 Å². The number of ether oxygens (including phenoxy) is 2. The van der Waals surface area contributed by atoms with Crippen LogP contribution in [-0.2, 0) is 4.79 Å². The summed E-state index contributed by atoms with van der Waals surface area (Å²) in [5.41, 5.74) is 4.85. The summed E-state index contributed by atoms with van der Waals surface area (Å²) < 4.78 is 10.9. The van der Waals surface area contributed by atoms with Crippen molar-refractivity contribution in [2.45, 2.75) is 18.4 Å². The molecule has 1 aliphatic carbocycles. The molecule has 1 heterocycles. The van der Waals surface area contributed by atoms with Gasteiger partial charge in [-0.3, -0.25) is 4.79 Å². The number of hydrogen-bond donors (Lipinski definition) is 2. The van der Waals surface area contributed by atoms with Crippen molar-refractivity contribution in [2.24, 2.45) is 5.92 Å². The van der Waals surface area contributed by atoms with E-state index in [1.54, 1.807) is 14.2 Å². The van der Waals surface area contributed by atoms with Crippen molar-refractivity contribution >= 4 is 28.8 Å². The van der Waals surface area contributed by atoms with Crippen molar-refractivity contribution in [1.82, 2.24) is 0 Å². The fourth-order valence-electron chi connectivity index (χ4n) is 4.75. The van der Waals surface area contributed by atoms with Crippen molar-refractivity contribution < 1.29 is 14.3 Å². The van der Waals surface area contributed by atoms with Crippen LogP contribution < -0.4 is 20.1 Å². The number of nitrogens with one attached hydrogen (secondary N) is 2. The third-order valence-electron chi connectivity index (χ3n) is 6.40. The van der Waals surface area contributed by atoms with Crippen LogP contribution in [0.15, 0.2) is 78.5 Å². The molecule has 0 saturated carbocycles. The Labute approximate surface area is 198 Å². The molecule has 0 fully saturated rings. The van der Waals surface area contributed by atoms with E-state index < -0.39 is 0 Å². The molecule has 0 aromatic heterocycles. The molecule has 3 unspecified atom stereocenters. The van der Waals surface area contributed by atoms with Gasteiger partial charge in [0, 0.05) is 23.1 Å². The second kappa shape index (κ2) is 8.83. The summed E-state index contributed by atoms with van der Waals surface area (Å²) in [5, 5.41) is 7.83. The first kappa shape index (κ1) is 21.4. The molecule has 5 nitrogen and oxygen atoms in total. The lowest BCUT2D eigenvalue weighted by atomic mass is 9.76. The molecule has 0 radical (unpaired) electrons. The first-order chi connectivity index (χ1) is 16.1. The van der Waals surface area contributed by atoms with Gasteiger partial charge in [-0.05, 0) is 47.5 Å². The van der Waals surface area contributed by atoms with Crippen molar-refractivity contribution in [2.75, 3.05) is 24.9 Å². The van der Waals surface area contributed by atoms with Crippen LogP contribution in [0.3, 0.4) is 0 Å². The Hall–Kier alpha value is -3.44. The summed E-state index contributed by atoms with van der Waals surface area (Å²) in [6.07, 6.45) is 2.59. The van der Waals surface area contributed by atoms with Crippen LogP contribution in [0.4, 0.5) is 11.4 Å². The SMILES string of the molecule is COc1ccc(C2C=C3Nc4ccccc4NC(c4ccc(Cl)cc4)C3C(=O)C2)cc1OC. The van der Waals surface area contributed by atoms with E-state index in [1.807, 2.05) is 66.7 Å². The Morgan fingerprint density at radius 3 is 2.30 bits per heavy atom. The first-order valence-electron chi connectivity index (χ1n) is 10.9. The maximum absolute atomic E-state index is 13.6. The molecule has 0 bridgehead atoms. The van der Waals surface area contributed by atoms with Gasteiger partial charge in [0.25, 0.3) is 0 Å². The summed E-state index contributed by atoms with van der Waals surface area (Å²) >= 11 is 6.13. The van der Waals surface area contributed by atoms with Gasteiger partial charge in [0.1, 0.15) is 5.78 Å². The lowest BCUT2D eigenvalue weighted by molar-refractivity contribution is -0.122. The third-order valence-corrected chi connectivity index (χ3v) is 6.65. The quantitative estimate of drug-likeness (QED) is 0.486. The predicted molar refractivity (Wildman–Crippen MR) is 131 cm³/mol. The van der Waals surface area contributed by atoms with E-state index in [2.05, 4.69) is 16.7 Å². The number of para-hydroxylation sites is 2. The van der Waals surface area contributed by atoms with E-state index in [0.717, 1.165) is 28.2 Å².